The Hall–Kier alpha value is -1.17. The molecular weight excluding hydrogens is 429 g/mol. The highest BCUT2D eigenvalue weighted by molar-refractivity contribution is 7.51. The van der Waals surface area contributed by atoms with Crippen LogP contribution in [0.15, 0.2) is 35.7 Å². The molecule has 0 saturated carbocycles. The van der Waals surface area contributed by atoms with E-state index in [1.165, 1.54) is 49.8 Å². The maximum Gasteiger partial charge on any atom is 0.325 e. The van der Waals surface area contributed by atoms with Crippen molar-refractivity contribution < 1.29 is 19.1 Å². The Morgan fingerprint density at radius 3 is 2.42 bits per heavy atom. The highest BCUT2D eigenvalue weighted by Gasteiger charge is 2.12. The van der Waals surface area contributed by atoms with Gasteiger partial charge in [0.2, 0.25) is 0 Å². The van der Waals surface area contributed by atoms with Gasteiger partial charge in [0.05, 0.1) is 12.8 Å². The number of unbranched alkanes of at least 4 members (excludes halogenated alkanes) is 7. The minimum atomic E-state index is -3.91. The van der Waals surface area contributed by atoms with Crippen molar-refractivity contribution in [1.82, 2.24) is 5.32 Å². The topological polar surface area (TPSA) is 78.8 Å². The zero-order chi connectivity index (χ0) is 22.4. The normalized spacial score (nSPS) is 11.7. The van der Waals surface area contributed by atoms with Crippen LogP contribution < -0.4 is 10.1 Å². The van der Waals surface area contributed by atoms with Crippen molar-refractivity contribution in [3.8, 4) is 16.2 Å². The van der Waals surface area contributed by atoms with Crippen LogP contribution in [-0.4, -0.2) is 29.1 Å². The van der Waals surface area contributed by atoms with Crippen molar-refractivity contribution in [2.45, 2.75) is 71.3 Å². The molecule has 0 saturated heterocycles. The van der Waals surface area contributed by atoms with Gasteiger partial charge in [-0.3, -0.25) is 4.57 Å². The monoisotopic (exact) mass is 467 g/mol. The van der Waals surface area contributed by atoms with Crippen LogP contribution in [0, 0.1) is 0 Å². The summed E-state index contributed by atoms with van der Waals surface area (Å²) >= 11 is 1.70. The maximum absolute atomic E-state index is 10.9. The molecule has 0 unspecified atom stereocenters. The van der Waals surface area contributed by atoms with Crippen LogP contribution in [0.25, 0.3) is 10.4 Å². The first-order valence-corrected chi connectivity index (χ1v) is 14.2. The van der Waals surface area contributed by atoms with E-state index in [2.05, 4.69) is 41.9 Å². The van der Waals surface area contributed by atoms with E-state index in [0.717, 1.165) is 29.9 Å². The molecule has 0 spiro atoms. The average molecular weight is 468 g/mol. The quantitative estimate of drug-likeness (QED) is 0.181. The van der Waals surface area contributed by atoms with Crippen molar-refractivity contribution >= 4 is 18.9 Å². The summed E-state index contributed by atoms with van der Waals surface area (Å²) in [5.74, 6) is 0.927. The van der Waals surface area contributed by atoms with Crippen LogP contribution in [-0.2, 0) is 11.1 Å². The van der Waals surface area contributed by atoms with Gasteiger partial charge in [0, 0.05) is 17.0 Å². The van der Waals surface area contributed by atoms with Crippen LogP contribution in [0.1, 0.15) is 70.3 Å². The van der Waals surface area contributed by atoms with Crippen LogP contribution in [0.4, 0.5) is 0 Å². The molecule has 1 aromatic carbocycles. The van der Waals surface area contributed by atoms with Gasteiger partial charge in [-0.2, -0.15) is 0 Å². The molecule has 0 aliphatic carbocycles. The summed E-state index contributed by atoms with van der Waals surface area (Å²) in [6.45, 7) is 4.24. The van der Waals surface area contributed by atoms with E-state index in [-0.39, 0.29) is 6.16 Å². The van der Waals surface area contributed by atoms with Gasteiger partial charge >= 0.3 is 7.60 Å². The van der Waals surface area contributed by atoms with Crippen LogP contribution in [0.3, 0.4) is 0 Å². The Morgan fingerprint density at radius 2 is 1.74 bits per heavy atom. The molecule has 0 aliphatic rings. The van der Waals surface area contributed by atoms with Gasteiger partial charge in [-0.1, -0.05) is 64.0 Å². The van der Waals surface area contributed by atoms with Crippen molar-refractivity contribution in [2.75, 3.05) is 19.3 Å². The van der Waals surface area contributed by atoms with Gasteiger partial charge < -0.3 is 19.8 Å². The molecule has 0 aliphatic heterocycles. The minimum absolute atomic E-state index is 0.0774. The zero-order valence-electron chi connectivity index (χ0n) is 18.7. The first-order chi connectivity index (χ1) is 15.0. The molecule has 174 valence electrons. The predicted molar refractivity (Wildman–Crippen MR) is 131 cm³/mol. The van der Waals surface area contributed by atoms with E-state index in [0.29, 0.717) is 19.5 Å². The summed E-state index contributed by atoms with van der Waals surface area (Å²) in [4.78, 5) is 19.1. The molecule has 0 bridgehead atoms. The fraction of sp³-hybridized carbons (Fsp3) is 0.583. The third-order valence-corrected chi connectivity index (χ3v) is 7.02. The molecule has 5 nitrogen and oxygen atoms in total. The summed E-state index contributed by atoms with van der Waals surface area (Å²) in [6.07, 6.45) is 10.7. The van der Waals surface area contributed by atoms with E-state index in [1.54, 1.807) is 11.3 Å². The lowest BCUT2D eigenvalue weighted by atomic mass is 10.1. The molecule has 0 atom stereocenters. The molecule has 2 aromatic rings. The van der Waals surface area contributed by atoms with E-state index in [1.807, 2.05) is 6.07 Å². The first-order valence-electron chi connectivity index (χ1n) is 11.5. The van der Waals surface area contributed by atoms with Gasteiger partial charge in [0.25, 0.3) is 0 Å². The molecule has 7 heteroatoms. The van der Waals surface area contributed by atoms with Crippen LogP contribution in [0.5, 0.6) is 5.75 Å². The molecule has 31 heavy (non-hydrogen) atoms. The molecular formula is C24H38NO4PS. The average Bonchev–Trinajstić information content (AvgIpc) is 3.27. The number of hydrogen-bond donors (Lipinski definition) is 3. The molecule has 1 heterocycles. The largest absolute Gasteiger partial charge is 0.493 e. The third-order valence-electron chi connectivity index (χ3n) is 5.22. The van der Waals surface area contributed by atoms with Crippen molar-refractivity contribution in [2.24, 2.45) is 0 Å². The zero-order valence-corrected chi connectivity index (χ0v) is 20.4. The fourth-order valence-electron chi connectivity index (χ4n) is 3.50. The van der Waals surface area contributed by atoms with Gasteiger partial charge in [-0.05, 0) is 48.5 Å². The minimum Gasteiger partial charge on any atom is -0.493 e. The van der Waals surface area contributed by atoms with Crippen LogP contribution >= 0.6 is 18.9 Å². The van der Waals surface area contributed by atoms with Crippen molar-refractivity contribution in [3.05, 3.63) is 41.3 Å². The lowest BCUT2D eigenvalue weighted by Crippen LogP contribution is -2.15. The summed E-state index contributed by atoms with van der Waals surface area (Å²) in [6, 6.07) is 10.4. The molecule has 3 N–H and O–H groups in total. The second kappa shape index (κ2) is 14.8. The van der Waals surface area contributed by atoms with E-state index in [4.69, 9.17) is 14.5 Å². The molecule has 0 radical (unpaired) electrons. The number of ether oxygens (including phenoxy) is 1. The van der Waals surface area contributed by atoms with Gasteiger partial charge in [0.15, 0.2) is 0 Å². The number of rotatable bonds is 17. The lowest BCUT2D eigenvalue weighted by molar-refractivity contribution is 0.305. The van der Waals surface area contributed by atoms with Crippen molar-refractivity contribution in [3.63, 3.8) is 0 Å². The van der Waals surface area contributed by atoms with Crippen molar-refractivity contribution in [1.29, 1.82) is 0 Å². The fourth-order valence-corrected chi connectivity index (χ4v) is 4.82. The van der Waals surface area contributed by atoms with Crippen LogP contribution in [0.2, 0.25) is 0 Å². The summed E-state index contributed by atoms with van der Waals surface area (Å²) < 4.78 is 17.1. The summed E-state index contributed by atoms with van der Waals surface area (Å²) in [5, 5.41) is 5.34. The Kier molecular flexibility index (Phi) is 12.5. The van der Waals surface area contributed by atoms with E-state index in [9.17, 15) is 4.57 Å². The number of benzene rings is 1. The maximum atomic E-state index is 10.9. The van der Waals surface area contributed by atoms with E-state index >= 15 is 0 Å². The SMILES string of the molecule is CCCCCCCCCCOc1ccc(CNCCCP(=O)(O)O)cc1-c1cccs1. The Balaban J connectivity index is 1.79. The molecule has 0 amide bonds. The molecule has 1 aromatic heterocycles. The van der Waals surface area contributed by atoms with Gasteiger partial charge in [-0.25, -0.2) is 0 Å². The summed E-state index contributed by atoms with van der Waals surface area (Å²) in [7, 11) is -3.91. The first kappa shape index (κ1) is 26.1. The number of hydrogen-bond acceptors (Lipinski definition) is 4. The van der Waals surface area contributed by atoms with Gasteiger partial charge in [0.1, 0.15) is 5.75 Å². The number of thiophene rings is 1. The standard InChI is InChI=1S/C24H38NO4PS/c1-2-3-4-5-6-7-8-9-16-29-23-14-13-21(19-22(23)24-12-10-18-31-24)20-25-15-11-17-30(26,27)28/h10,12-14,18-19,25H,2-9,11,15-17,20H2,1H3,(H2,26,27,28). The second-order valence-corrected chi connectivity index (χ2v) is 10.8. The summed E-state index contributed by atoms with van der Waals surface area (Å²) in [5.41, 5.74) is 2.25. The highest BCUT2D eigenvalue weighted by Crippen LogP contribution is 2.35. The smallest absolute Gasteiger partial charge is 0.325 e. The second-order valence-electron chi connectivity index (χ2n) is 8.05. The molecule has 2 rings (SSSR count). The third kappa shape index (κ3) is 11.3. The van der Waals surface area contributed by atoms with Gasteiger partial charge in [-0.15, -0.1) is 11.3 Å². The highest BCUT2D eigenvalue weighted by atomic mass is 32.1. The Morgan fingerprint density at radius 1 is 1.00 bits per heavy atom. The Bertz CT molecular complexity index is 776. The molecule has 0 fully saturated rings. The number of nitrogens with one attached hydrogen (secondary N) is 1. The predicted octanol–water partition coefficient (Wildman–Crippen LogP) is 6.59. The Labute approximate surface area is 191 Å². The lowest BCUT2D eigenvalue weighted by Gasteiger charge is -2.13. The van der Waals surface area contributed by atoms with E-state index < -0.39 is 7.60 Å².